The van der Waals surface area contributed by atoms with Crippen LogP contribution in [0.3, 0.4) is 0 Å². The van der Waals surface area contributed by atoms with Crippen LogP contribution in [0.15, 0.2) is 91.1 Å². The van der Waals surface area contributed by atoms with E-state index < -0.39 is 12.7 Å². The molecule has 0 saturated heterocycles. The van der Waals surface area contributed by atoms with E-state index in [1.54, 1.807) is 17.4 Å². The molecular formula is C41H40IrN2S-2. The Morgan fingerprint density at radius 1 is 0.822 bits per heavy atom. The molecule has 0 spiro atoms. The topological polar surface area (TPSA) is 25.8 Å². The zero-order valence-corrected chi connectivity index (χ0v) is 28.2. The van der Waals surface area contributed by atoms with Crippen molar-refractivity contribution in [2.75, 3.05) is 0 Å². The van der Waals surface area contributed by atoms with Crippen molar-refractivity contribution in [1.82, 2.24) is 9.97 Å². The average Bonchev–Trinajstić information content (AvgIpc) is 3.56. The molecule has 0 atom stereocenters. The predicted molar refractivity (Wildman–Crippen MR) is 186 cm³/mol. The van der Waals surface area contributed by atoms with Crippen LogP contribution in [0.1, 0.15) is 106 Å². The number of rotatable bonds is 4. The molecule has 2 fully saturated rings. The number of hydrogen-bond acceptors (Lipinski definition) is 3. The van der Waals surface area contributed by atoms with Crippen molar-refractivity contribution >= 4 is 31.5 Å². The molecule has 0 amide bonds. The first kappa shape index (κ1) is 21.6. The van der Waals surface area contributed by atoms with Crippen molar-refractivity contribution in [3.8, 4) is 22.5 Å². The Labute approximate surface area is 299 Å². The van der Waals surface area contributed by atoms with Gasteiger partial charge in [-0.1, -0.05) is 86.3 Å². The molecule has 1 radical (unpaired) electrons. The van der Waals surface area contributed by atoms with E-state index in [0.717, 1.165) is 51.4 Å². The van der Waals surface area contributed by atoms with Gasteiger partial charge in [0.1, 0.15) is 0 Å². The van der Waals surface area contributed by atoms with E-state index in [2.05, 4.69) is 40.3 Å². The molecule has 3 aromatic heterocycles. The van der Waals surface area contributed by atoms with Gasteiger partial charge in [-0.3, -0.25) is 0 Å². The third-order valence-electron chi connectivity index (χ3n) is 8.80. The van der Waals surface area contributed by atoms with Crippen molar-refractivity contribution < 1.29 is 33.8 Å². The Bertz CT molecular complexity index is 2350. The van der Waals surface area contributed by atoms with Crippen LogP contribution in [0.4, 0.5) is 0 Å². The van der Waals surface area contributed by atoms with Crippen LogP contribution >= 0.6 is 11.3 Å². The monoisotopic (exact) mass is 795 g/mol. The van der Waals surface area contributed by atoms with Gasteiger partial charge in [0.05, 0.1) is 8.22 Å². The summed E-state index contributed by atoms with van der Waals surface area (Å²) in [7, 11) is 0. The Kier molecular flexibility index (Phi) is 7.17. The Balaban J connectivity index is 0.000000196. The molecular weight excluding hydrogens is 745 g/mol. The minimum atomic E-state index is -2.48. The fourth-order valence-electron chi connectivity index (χ4n) is 6.58. The summed E-state index contributed by atoms with van der Waals surface area (Å²) >= 11 is 1.58. The first-order chi connectivity index (χ1) is 25.8. The maximum absolute atomic E-state index is 9.16. The molecule has 0 unspecified atom stereocenters. The second-order valence-electron chi connectivity index (χ2n) is 11.6. The van der Waals surface area contributed by atoms with Crippen molar-refractivity contribution in [1.29, 1.82) is 0 Å². The molecule has 6 aromatic rings. The minimum absolute atomic E-state index is 0. The van der Waals surface area contributed by atoms with E-state index >= 15 is 0 Å². The Hall–Kier alpha value is -3.17. The fourth-order valence-corrected chi connectivity index (χ4v) is 7.94. The molecule has 2 nitrogen and oxygen atoms in total. The van der Waals surface area contributed by atoms with Gasteiger partial charge in [-0.05, 0) is 83.0 Å². The normalized spacial score (nSPS) is 19.9. The number of aromatic nitrogens is 2. The molecule has 0 aliphatic heterocycles. The molecule has 2 aliphatic rings. The minimum Gasteiger partial charge on any atom is -0.305 e. The number of fused-ring (bicyclic) bond motifs is 3. The van der Waals surface area contributed by atoms with E-state index in [0.29, 0.717) is 17.0 Å². The van der Waals surface area contributed by atoms with E-state index in [-0.39, 0.29) is 73.4 Å². The van der Waals surface area contributed by atoms with Crippen LogP contribution in [0.2, 0.25) is 0 Å². The van der Waals surface area contributed by atoms with Crippen LogP contribution in [-0.2, 0) is 20.1 Å². The summed E-state index contributed by atoms with van der Waals surface area (Å²) in [5.41, 5.74) is 3.86. The second-order valence-corrected chi connectivity index (χ2v) is 12.7. The second kappa shape index (κ2) is 14.9. The first-order valence-electron chi connectivity index (χ1n) is 20.6. The maximum atomic E-state index is 9.16. The maximum Gasteiger partial charge on any atom is 0.0830 e. The van der Waals surface area contributed by atoms with Gasteiger partial charge in [-0.25, -0.2) is 0 Å². The summed E-state index contributed by atoms with van der Waals surface area (Å²) in [5, 5.41) is 2.08. The third-order valence-corrected chi connectivity index (χ3v) is 10.1. The molecule has 2 aliphatic carbocycles. The molecule has 2 saturated carbocycles. The Morgan fingerprint density at radius 3 is 2.47 bits per heavy atom. The number of pyridine rings is 2. The first-order valence-corrected chi connectivity index (χ1v) is 16.4. The number of nitrogens with zero attached hydrogens (tertiary/aromatic N) is 2. The number of thiophene rings is 1. The smallest absolute Gasteiger partial charge is 0.0830 e. The molecule has 0 N–H and O–H groups in total. The van der Waals surface area contributed by atoms with Crippen LogP contribution in [0.5, 0.6) is 0 Å². The van der Waals surface area contributed by atoms with Gasteiger partial charge in [0.25, 0.3) is 0 Å². The van der Waals surface area contributed by atoms with Gasteiger partial charge in [0, 0.05) is 42.7 Å². The summed E-state index contributed by atoms with van der Waals surface area (Å²) < 4.78 is 81.7. The summed E-state index contributed by atoms with van der Waals surface area (Å²) in [4.78, 5) is 8.32. The van der Waals surface area contributed by atoms with Crippen molar-refractivity contribution in [3.63, 3.8) is 0 Å². The van der Waals surface area contributed by atoms with Gasteiger partial charge in [0.2, 0.25) is 0 Å². The average molecular weight is 795 g/mol. The van der Waals surface area contributed by atoms with Gasteiger partial charge in [0.15, 0.2) is 0 Å². The molecule has 45 heavy (non-hydrogen) atoms. The van der Waals surface area contributed by atoms with E-state index in [1.165, 1.54) is 50.3 Å². The van der Waals surface area contributed by atoms with Crippen LogP contribution < -0.4 is 0 Å². The zero-order chi connectivity index (χ0) is 38.4. The van der Waals surface area contributed by atoms with Crippen LogP contribution in [0.25, 0.3) is 42.7 Å². The number of hydrogen-bond donors (Lipinski definition) is 0. The zero-order valence-electron chi connectivity index (χ0n) is 35.0. The third kappa shape index (κ3) is 7.14. The number of aryl methyl sites for hydroxylation is 1. The van der Waals surface area contributed by atoms with E-state index in [1.807, 2.05) is 24.3 Å². The molecule has 3 aromatic carbocycles. The van der Waals surface area contributed by atoms with E-state index in [4.69, 9.17) is 13.7 Å². The molecule has 8 rings (SSSR count). The van der Waals surface area contributed by atoms with Gasteiger partial charge in [-0.2, -0.15) is 11.3 Å². The summed E-state index contributed by atoms with van der Waals surface area (Å²) in [6, 6.07) is 20.9. The summed E-state index contributed by atoms with van der Waals surface area (Å²) in [6.45, 7) is -2.48. The quantitative estimate of drug-likeness (QED) is 0.166. The van der Waals surface area contributed by atoms with Gasteiger partial charge < -0.3 is 9.97 Å². The summed E-state index contributed by atoms with van der Waals surface area (Å²) in [6.07, 6.45) is 12.1. The Morgan fingerprint density at radius 2 is 1.62 bits per heavy atom. The predicted octanol–water partition coefficient (Wildman–Crippen LogP) is 11.9. The van der Waals surface area contributed by atoms with Gasteiger partial charge >= 0.3 is 0 Å². The van der Waals surface area contributed by atoms with Crippen LogP contribution in [0, 0.1) is 19.0 Å². The fraction of sp³-hybridized carbons (Fsp3) is 0.317. The molecule has 4 heteroatoms. The van der Waals surface area contributed by atoms with Crippen LogP contribution in [-0.4, -0.2) is 9.97 Å². The van der Waals surface area contributed by atoms with Crippen molar-refractivity contribution in [2.45, 2.75) is 82.9 Å². The van der Waals surface area contributed by atoms with Gasteiger partial charge in [-0.15, -0.1) is 59.2 Å². The summed E-state index contributed by atoms with van der Waals surface area (Å²) in [5.74, 6) is -0.0467. The SMILES string of the molecule is [2H]c1c(C([2H])([2H])[2H])cnc(-c2[c-]ccc3c2sc2c(C4([2H])CCCCC4)cccc23)c1[2H].[2H]c1nc(-c2[c-]ccc(C3CCCCC3)c2)c([2H])c([2H])c1[2H].[Ir]. The van der Waals surface area contributed by atoms with Crippen molar-refractivity contribution in [2.24, 2.45) is 0 Å². The molecule has 0 bridgehead atoms. The standard InChI is InChI=1S/C24H22NS.C17H18N.Ir/c1-16-13-14-22(25-15-16)21-12-6-11-20-19-10-5-9-18(23(19)26-24(20)21)17-7-3-2-4-8-17;1-2-7-14(8-3-1)15-9-6-10-16(13-15)17-11-4-5-12-18-17;/h5-6,9-11,13-15,17H,2-4,7-8H2,1H3;4-6,9,11-14H,1-3,7-8H2;/q2*-1;/i1D3,13D,14D,17D;4D,5D,11D,12D;. The number of benzene rings is 3. The van der Waals surface area contributed by atoms with E-state index in [9.17, 15) is 0 Å². The molecule has 231 valence electrons. The molecule has 3 heterocycles. The largest absolute Gasteiger partial charge is 0.305 e. The van der Waals surface area contributed by atoms with Crippen molar-refractivity contribution in [3.05, 3.63) is 120 Å².